The number of rotatable bonds is 4. The second kappa shape index (κ2) is 5.96. The van der Waals surface area contributed by atoms with Gasteiger partial charge in [-0.3, -0.25) is 0 Å². The predicted molar refractivity (Wildman–Crippen MR) is 64.5 cm³/mol. The molecule has 0 saturated carbocycles. The molecule has 16 heavy (non-hydrogen) atoms. The maximum Gasteiger partial charge on any atom is 0.211 e. The van der Waals surface area contributed by atoms with Gasteiger partial charge in [0, 0.05) is 0 Å². The molecule has 0 spiro atoms. The van der Waals surface area contributed by atoms with E-state index in [4.69, 9.17) is 17.2 Å². The molecule has 0 saturated heterocycles. The monoisotopic (exact) mass is 220 g/mol. The Morgan fingerprint density at radius 1 is 1.06 bits per heavy atom. The highest BCUT2D eigenvalue weighted by atomic mass is 15.3. The third-order valence-corrected chi connectivity index (χ3v) is 1.43. The number of nitrogens with zero attached hydrogens (tertiary/aromatic N) is 4. The average Bonchev–Trinajstić information content (AvgIpc) is 2.66. The molecule has 0 radical (unpaired) electrons. The molecule has 0 aromatic carbocycles. The second-order valence-corrected chi connectivity index (χ2v) is 2.65. The van der Waals surface area contributed by atoms with Gasteiger partial charge in [0.25, 0.3) is 0 Å². The van der Waals surface area contributed by atoms with E-state index >= 15 is 0 Å². The van der Waals surface area contributed by atoms with Crippen molar-refractivity contribution in [1.82, 2.24) is 4.98 Å². The minimum Gasteiger partial charge on any atom is -0.388 e. The van der Waals surface area contributed by atoms with Crippen LogP contribution in [0.2, 0.25) is 0 Å². The molecule has 1 aromatic heterocycles. The number of guanidine groups is 1. The number of nitrogens with two attached hydrogens (primary N) is 3. The van der Waals surface area contributed by atoms with Crippen LogP contribution >= 0.6 is 0 Å². The molecule has 84 valence electrons. The Hall–Kier alpha value is -2.64. The van der Waals surface area contributed by atoms with E-state index in [1.165, 1.54) is 12.4 Å². The molecule has 1 aromatic rings. The normalized spacial score (nSPS) is 11.8. The summed E-state index contributed by atoms with van der Waals surface area (Å²) in [4.78, 5) is 2.98. The van der Waals surface area contributed by atoms with Crippen molar-refractivity contribution < 1.29 is 0 Å². The molecule has 0 bridgehead atoms. The molecular formula is C8H12N8. The molecular weight excluding hydrogens is 208 g/mol. The third kappa shape index (κ3) is 4.05. The standard InChI is InChI=1S/C8H12N8/c9-5-14-12-3-6-1-2-7(15-6)4-13-16-8(10)11/h1-5,15H,(H2,9,14)(H4,10,11,16)/b12-3+,13-4+. The smallest absolute Gasteiger partial charge is 0.211 e. The van der Waals surface area contributed by atoms with Crippen molar-refractivity contribution in [2.75, 3.05) is 0 Å². The van der Waals surface area contributed by atoms with E-state index in [1.807, 2.05) is 0 Å². The van der Waals surface area contributed by atoms with Gasteiger partial charge in [-0.25, -0.2) is 0 Å². The highest BCUT2D eigenvalue weighted by molar-refractivity contribution is 5.84. The van der Waals surface area contributed by atoms with Crippen molar-refractivity contribution in [3.05, 3.63) is 23.5 Å². The molecule has 0 aliphatic rings. The topological polar surface area (TPSA) is 143 Å². The summed E-state index contributed by atoms with van der Waals surface area (Å²) in [6, 6.07) is 3.59. The van der Waals surface area contributed by atoms with E-state index in [-0.39, 0.29) is 5.96 Å². The lowest BCUT2D eigenvalue weighted by atomic mass is 10.4. The highest BCUT2D eigenvalue weighted by Gasteiger charge is 1.92. The van der Waals surface area contributed by atoms with Crippen LogP contribution in [0, 0.1) is 0 Å². The minimum absolute atomic E-state index is 0.0955. The van der Waals surface area contributed by atoms with Gasteiger partial charge < -0.3 is 22.2 Å². The summed E-state index contributed by atoms with van der Waals surface area (Å²) >= 11 is 0. The fraction of sp³-hybridized carbons (Fsp3) is 0. The predicted octanol–water partition coefficient (Wildman–Crippen LogP) is -1.06. The summed E-state index contributed by atoms with van der Waals surface area (Å²) < 4.78 is 0. The van der Waals surface area contributed by atoms with Crippen molar-refractivity contribution in [1.29, 1.82) is 0 Å². The van der Waals surface area contributed by atoms with Crippen LogP contribution in [0.4, 0.5) is 0 Å². The van der Waals surface area contributed by atoms with E-state index in [9.17, 15) is 0 Å². The molecule has 7 N–H and O–H groups in total. The molecule has 0 fully saturated rings. The van der Waals surface area contributed by atoms with E-state index in [0.717, 1.165) is 17.7 Å². The van der Waals surface area contributed by atoms with Crippen LogP contribution in [0.5, 0.6) is 0 Å². The van der Waals surface area contributed by atoms with Crippen LogP contribution in [0.1, 0.15) is 11.4 Å². The lowest BCUT2D eigenvalue weighted by molar-refractivity contribution is 1.20. The average molecular weight is 220 g/mol. The van der Waals surface area contributed by atoms with E-state index in [2.05, 4.69) is 25.4 Å². The quantitative estimate of drug-likeness (QED) is 0.291. The number of aromatic amines is 1. The number of hydrogen-bond donors (Lipinski definition) is 4. The Morgan fingerprint density at radius 3 is 2.25 bits per heavy atom. The van der Waals surface area contributed by atoms with Crippen LogP contribution in [0.3, 0.4) is 0 Å². The number of hydrogen-bond acceptors (Lipinski definition) is 4. The summed E-state index contributed by atoms with van der Waals surface area (Å²) in [6.07, 6.45) is 4.09. The molecule has 0 amide bonds. The molecule has 8 heteroatoms. The summed E-state index contributed by atoms with van der Waals surface area (Å²) in [5.74, 6) is -0.0955. The number of aromatic nitrogens is 1. The van der Waals surface area contributed by atoms with Gasteiger partial charge in [-0.2, -0.15) is 10.2 Å². The summed E-state index contributed by atoms with van der Waals surface area (Å²) in [5.41, 5.74) is 16.7. The van der Waals surface area contributed by atoms with Gasteiger partial charge in [-0.15, -0.1) is 10.2 Å². The fourth-order valence-electron chi connectivity index (χ4n) is 0.872. The zero-order valence-electron chi connectivity index (χ0n) is 8.41. The van der Waals surface area contributed by atoms with Crippen molar-refractivity contribution in [2.24, 2.45) is 37.6 Å². The first-order valence-corrected chi connectivity index (χ1v) is 4.30. The maximum absolute atomic E-state index is 5.10. The van der Waals surface area contributed by atoms with Crippen molar-refractivity contribution in [3.63, 3.8) is 0 Å². The number of nitrogens with one attached hydrogen (secondary N) is 1. The van der Waals surface area contributed by atoms with Gasteiger partial charge in [-0.1, -0.05) is 0 Å². The van der Waals surface area contributed by atoms with Crippen molar-refractivity contribution >= 4 is 24.7 Å². The van der Waals surface area contributed by atoms with Crippen LogP contribution in [-0.4, -0.2) is 29.7 Å². The number of H-pyrrole nitrogens is 1. The lowest BCUT2D eigenvalue weighted by Gasteiger charge is -1.85. The molecule has 0 atom stereocenters. The van der Waals surface area contributed by atoms with Gasteiger partial charge in [0.05, 0.1) is 23.8 Å². The molecule has 0 aliphatic heterocycles. The second-order valence-electron chi connectivity index (χ2n) is 2.65. The first-order chi connectivity index (χ1) is 7.72. The Labute approximate surface area is 91.6 Å². The Balaban J connectivity index is 2.65. The van der Waals surface area contributed by atoms with Gasteiger partial charge in [0.1, 0.15) is 6.34 Å². The van der Waals surface area contributed by atoms with E-state index in [1.54, 1.807) is 12.1 Å². The summed E-state index contributed by atoms with van der Waals surface area (Å²) in [5, 5.41) is 14.2. The zero-order valence-corrected chi connectivity index (χ0v) is 8.41. The first-order valence-electron chi connectivity index (χ1n) is 4.30. The maximum atomic E-state index is 5.10. The SMILES string of the molecule is NC=N/N=C/c1ccc(/C=N/N=C(N)N)[nH]1. The molecule has 1 heterocycles. The summed E-state index contributed by atoms with van der Waals surface area (Å²) in [7, 11) is 0. The molecule has 8 nitrogen and oxygen atoms in total. The minimum atomic E-state index is -0.0955. The van der Waals surface area contributed by atoms with E-state index in [0.29, 0.717) is 0 Å². The lowest BCUT2D eigenvalue weighted by Crippen LogP contribution is -2.21. The first kappa shape index (κ1) is 11.4. The van der Waals surface area contributed by atoms with Gasteiger partial charge >= 0.3 is 0 Å². The fourth-order valence-corrected chi connectivity index (χ4v) is 0.872. The Kier molecular flexibility index (Phi) is 4.26. The van der Waals surface area contributed by atoms with Crippen LogP contribution in [0.15, 0.2) is 32.5 Å². The van der Waals surface area contributed by atoms with Crippen molar-refractivity contribution in [3.8, 4) is 0 Å². The van der Waals surface area contributed by atoms with Gasteiger partial charge in [-0.05, 0) is 12.1 Å². The molecule has 0 unspecified atom stereocenters. The Bertz CT molecular complexity index is 435. The molecule has 1 rings (SSSR count). The largest absolute Gasteiger partial charge is 0.388 e. The van der Waals surface area contributed by atoms with E-state index < -0.39 is 0 Å². The van der Waals surface area contributed by atoms with Crippen LogP contribution in [-0.2, 0) is 0 Å². The van der Waals surface area contributed by atoms with Gasteiger partial charge in [0.2, 0.25) is 5.96 Å². The van der Waals surface area contributed by atoms with Crippen molar-refractivity contribution in [2.45, 2.75) is 0 Å². The molecule has 0 aliphatic carbocycles. The zero-order chi connectivity index (χ0) is 11.8. The van der Waals surface area contributed by atoms with Crippen LogP contribution in [0.25, 0.3) is 0 Å². The third-order valence-electron chi connectivity index (χ3n) is 1.43. The summed E-state index contributed by atoms with van der Waals surface area (Å²) in [6.45, 7) is 0. The highest BCUT2D eigenvalue weighted by Crippen LogP contribution is 1.97. The Morgan fingerprint density at radius 2 is 1.69 bits per heavy atom. The van der Waals surface area contributed by atoms with Crippen LogP contribution < -0.4 is 17.2 Å². The van der Waals surface area contributed by atoms with Gasteiger partial charge in [0.15, 0.2) is 0 Å².